The molecule has 1 aromatic carbocycles. The Kier molecular flexibility index (Phi) is 7.92. The molecule has 0 radical (unpaired) electrons. The zero-order valence-electron chi connectivity index (χ0n) is 18.6. The van der Waals surface area contributed by atoms with Crippen molar-refractivity contribution in [1.29, 1.82) is 0 Å². The third-order valence-electron chi connectivity index (χ3n) is 5.52. The van der Waals surface area contributed by atoms with E-state index in [0.29, 0.717) is 17.0 Å². The van der Waals surface area contributed by atoms with Crippen LogP contribution in [0.1, 0.15) is 52.4 Å². The second kappa shape index (κ2) is 10.3. The van der Waals surface area contributed by atoms with E-state index in [-0.39, 0.29) is 43.8 Å². The second-order valence-electron chi connectivity index (χ2n) is 8.01. The highest BCUT2D eigenvalue weighted by Gasteiger charge is 2.31. The van der Waals surface area contributed by atoms with Crippen molar-refractivity contribution in [2.24, 2.45) is 0 Å². The zero-order valence-corrected chi connectivity index (χ0v) is 20.9. The van der Waals surface area contributed by atoms with Crippen LogP contribution in [0.5, 0.6) is 0 Å². The number of nitrogen functional groups attached to an aromatic ring is 1. The minimum atomic E-state index is -3.88. The highest BCUT2D eigenvalue weighted by atomic mass is 35.5. The van der Waals surface area contributed by atoms with Gasteiger partial charge in [-0.3, -0.25) is 4.79 Å². The van der Waals surface area contributed by atoms with Crippen LogP contribution in [-0.4, -0.2) is 28.7 Å². The Morgan fingerprint density at radius 3 is 2.30 bits per heavy atom. The smallest absolute Gasteiger partial charge is 0.271 e. The number of rotatable bonds is 9. The monoisotopic (exact) mass is 511 g/mol. The van der Waals surface area contributed by atoms with Gasteiger partial charge in [0, 0.05) is 10.6 Å². The number of hydrogen-bond donors (Lipinski definition) is 2. The lowest BCUT2D eigenvalue weighted by Crippen LogP contribution is -2.36. The Hall–Kier alpha value is -2.29. The molecule has 178 valence electrons. The summed E-state index contributed by atoms with van der Waals surface area (Å²) in [5.74, 6) is -0.709. The fraction of sp³-hybridized carbons (Fsp3) is 0.391. The molecule has 0 saturated carbocycles. The molecule has 0 aliphatic heterocycles. The maximum Gasteiger partial charge on any atom is 0.271 e. The Labute approximate surface area is 202 Å². The van der Waals surface area contributed by atoms with Gasteiger partial charge in [0.25, 0.3) is 5.56 Å². The first-order valence-corrected chi connectivity index (χ1v) is 13.2. The molecule has 2 heterocycles. The van der Waals surface area contributed by atoms with Crippen molar-refractivity contribution in [2.45, 2.75) is 57.3 Å². The number of halogens is 2. The van der Waals surface area contributed by atoms with Gasteiger partial charge in [-0.15, -0.1) is 0 Å². The van der Waals surface area contributed by atoms with Gasteiger partial charge in [-0.25, -0.2) is 17.8 Å². The number of unbranched alkanes of at least 4 members (excludes halogenated alkanes) is 5. The second-order valence-corrected chi connectivity index (χ2v) is 10.9. The Balaban J connectivity index is 2.24. The van der Waals surface area contributed by atoms with Gasteiger partial charge in [-0.05, 0) is 31.0 Å². The van der Waals surface area contributed by atoms with Crippen molar-refractivity contribution in [2.75, 3.05) is 11.5 Å². The minimum absolute atomic E-state index is 0.113. The molecule has 0 fully saturated rings. The maximum absolute atomic E-state index is 13.5. The molecule has 0 unspecified atom stereocenters. The van der Waals surface area contributed by atoms with Crippen molar-refractivity contribution in [1.82, 2.24) is 9.38 Å². The van der Waals surface area contributed by atoms with Gasteiger partial charge in [-0.1, -0.05) is 74.4 Å². The first-order chi connectivity index (χ1) is 15.6. The first kappa shape index (κ1) is 25.3. The summed E-state index contributed by atoms with van der Waals surface area (Å²) in [6.07, 6.45) is 5.49. The fourth-order valence-electron chi connectivity index (χ4n) is 3.87. The lowest BCUT2D eigenvalue weighted by atomic mass is 10.1. The quantitative estimate of drug-likeness (QED) is 0.399. The molecule has 0 aliphatic carbocycles. The molecule has 0 amide bonds. The summed E-state index contributed by atoms with van der Waals surface area (Å²) >= 11 is 12.6. The van der Waals surface area contributed by atoms with E-state index in [2.05, 4.69) is 11.9 Å². The Morgan fingerprint density at radius 2 is 1.70 bits per heavy atom. The molecule has 0 spiro atoms. The van der Waals surface area contributed by atoms with Gasteiger partial charge in [0.2, 0.25) is 0 Å². The van der Waals surface area contributed by atoms with Crippen molar-refractivity contribution in [3.05, 3.63) is 50.0 Å². The highest BCUT2D eigenvalue weighted by Crippen LogP contribution is 2.39. The van der Waals surface area contributed by atoms with E-state index in [0.717, 1.165) is 36.5 Å². The Bertz CT molecular complexity index is 1380. The largest absolute Gasteiger partial charge is 0.512 e. The number of benzene rings is 1. The number of aliphatic hydroxyl groups excluding tert-OH is 1. The number of aromatic nitrogens is 2. The summed E-state index contributed by atoms with van der Waals surface area (Å²) in [5, 5.41) is 10.1. The molecule has 3 rings (SSSR count). The van der Waals surface area contributed by atoms with Crippen molar-refractivity contribution in [3.8, 4) is 11.1 Å². The van der Waals surface area contributed by atoms with Gasteiger partial charge in [0.15, 0.2) is 15.5 Å². The molecular formula is C23H27Cl2N3O4S. The van der Waals surface area contributed by atoms with Crippen LogP contribution in [0.3, 0.4) is 0 Å². The van der Waals surface area contributed by atoms with Crippen LogP contribution in [0.15, 0.2) is 34.0 Å². The summed E-state index contributed by atoms with van der Waals surface area (Å²) < 4.78 is 28.0. The predicted octanol–water partition coefficient (Wildman–Crippen LogP) is 4.79. The molecule has 0 saturated heterocycles. The lowest BCUT2D eigenvalue weighted by Gasteiger charge is -2.08. The van der Waals surface area contributed by atoms with Crippen molar-refractivity contribution in [3.63, 3.8) is 0 Å². The van der Waals surface area contributed by atoms with E-state index in [9.17, 15) is 18.3 Å². The number of aliphatic hydroxyl groups is 1. The normalized spacial score (nSPS) is 13.0. The van der Waals surface area contributed by atoms with Crippen LogP contribution in [0.4, 0.5) is 5.82 Å². The summed E-state index contributed by atoms with van der Waals surface area (Å²) in [7, 11) is -3.88. The number of nitrogens with zero attached hydrogens (tertiary/aromatic N) is 2. The molecule has 0 bridgehead atoms. The zero-order chi connectivity index (χ0) is 24.3. The molecule has 3 aromatic rings. The molecule has 7 nitrogen and oxygen atoms in total. The third-order valence-corrected chi connectivity index (χ3v) is 7.96. The summed E-state index contributed by atoms with van der Waals surface area (Å²) in [6.45, 7) is 3.42. The predicted molar refractivity (Wildman–Crippen MR) is 134 cm³/mol. The molecular weight excluding hydrogens is 485 g/mol. The van der Waals surface area contributed by atoms with Gasteiger partial charge in [0.1, 0.15) is 26.8 Å². The first-order valence-electron chi connectivity index (χ1n) is 10.8. The maximum atomic E-state index is 13.5. The molecule has 10 heteroatoms. The van der Waals surface area contributed by atoms with Crippen LogP contribution >= 0.6 is 23.2 Å². The molecule has 0 atom stereocenters. The van der Waals surface area contributed by atoms with Gasteiger partial charge < -0.3 is 10.8 Å². The van der Waals surface area contributed by atoms with E-state index < -0.39 is 15.4 Å². The van der Waals surface area contributed by atoms with Crippen LogP contribution in [0.25, 0.3) is 22.5 Å². The summed E-state index contributed by atoms with van der Waals surface area (Å²) in [6, 6.07) is 6.48. The molecule has 0 aliphatic rings. The number of sulfone groups is 1. The summed E-state index contributed by atoms with van der Waals surface area (Å²) in [5.41, 5.74) is 5.67. The topological polar surface area (TPSA) is 115 Å². The van der Waals surface area contributed by atoms with Gasteiger partial charge in [0.05, 0.1) is 5.75 Å². The number of fused-ring (bicyclic) bond motifs is 1. The van der Waals surface area contributed by atoms with Crippen LogP contribution < -0.4 is 16.5 Å². The number of nitrogens with two attached hydrogens (primary N) is 1. The minimum Gasteiger partial charge on any atom is -0.512 e. The van der Waals surface area contributed by atoms with Gasteiger partial charge >= 0.3 is 0 Å². The van der Waals surface area contributed by atoms with Crippen molar-refractivity contribution >= 4 is 50.3 Å². The lowest BCUT2D eigenvalue weighted by molar-refractivity contribution is 0.498. The summed E-state index contributed by atoms with van der Waals surface area (Å²) in [4.78, 5) is 17.2. The van der Waals surface area contributed by atoms with E-state index >= 15 is 0 Å². The highest BCUT2D eigenvalue weighted by molar-refractivity contribution is 7.91. The molecule has 3 N–H and O–H groups in total. The number of hydrogen-bond acceptors (Lipinski definition) is 6. The van der Waals surface area contributed by atoms with Crippen LogP contribution in [-0.2, 0) is 9.84 Å². The standard InChI is InChI=1S/C23H27Cl2N3O4S/c1-3-4-5-6-7-8-13-33(31,32)19-18(15-9-11-16(24)12-10-15)20(25)28-22(19)27-21(26)17(14(2)29)23(28)30/h9-12,29H,3-8,13H2,1-2H3,(H2,26,27)/b17-14+. The molecule has 2 aromatic heterocycles. The number of anilines is 1. The molecule has 33 heavy (non-hydrogen) atoms. The SMILES string of the molecule is CCCCCCCCS(=O)(=O)c1c(-c2ccc(Cl)cc2)c(Cl)n2c(=O)/c(=C(\C)O)c(N)nc12. The van der Waals surface area contributed by atoms with E-state index in [1.54, 1.807) is 24.3 Å². The Morgan fingerprint density at radius 1 is 1.09 bits per heavy atom. The van der Waals surface area contributed by atoms with Gasteiger partial charge in [-0.2, -0.15) is 0 Å². The van der Waals surface area contributed by atoms with Crippen LogP contribution in [0, 0.1) is 0 Å². The average Bonchev–Trinajstić information content (AvgIpc) is 3.04. The average molecular weight is 512 g/mol. The van der Waals surface area contributed by atoms with Crippen molar-refractivity contribution < 1.29 is 13.5 Å². The third kappa shape index (κ3) is 5.13. The van der Waals surface area contributed by atoms with E-state index in [1.807, 2.05) is 0 Å². The van der Waals surface area contributed by atoms with E-state index in [4.69, 9.17) is 28.9 Å². The fourth-order valence-corrected chi connectivity index (χ4v) is 6.14. The van der Waals surface area contributed by atoms with Crippen LogP contribution in [0.2, 0.25) is 10.2 Å². The van der Waals surface area contributed by atoms with E-state index in [1.165, 1.54) is 6.92 Å².